The predicted octanol–water partition coefficient (Wildman–Crippen LogP) is 2.63. The van der Waals surface area contributed by atoms with E-state index in [4.69, 9.17) is 10.5 Å². The average molecular weight is 280 g/mol. The van der Waals surface area contributed by atoms with Crippen molar-refractivity contribution in [2.75, 3.05) is 13.7 Å². The summed E-state index contributed by atoms with van der Waals surface area (Å²) in [6.07, 6.45) is 0.837. The molecular weight excluding hydrogens is 268 g/mol. The number of halogens is 3. The van der Waals surface area contributed by atoms with Gasteiger partial charge in [-0.25, -0.2) is 8.78 Å². The minimum absolute atomic E-state index is 0.0492. The standard InChI is InChI=1S/C10H12BrF2NO/c1-15-8-5-7(12)6(3-2-4-14)10(13)9(8)11/h5H,2-4,14H2,1H3. The molecule has 0 aliphatic carbocycles. The van der Waals surface area contributed by atoms with Crippen molar-refractivity contribution in [3.05, 3.63) is 27.7 Å². The van der Waals surface area contributed by atoms with Crippen molar-refractivity contribution >= 4 is 15.9 Å². The first-order chi connectivity index (χ1) is 7.11. The largest absolute Gasteiger partial charge is 0.495 e. The van der Waals surface area contributed by atoms with Gasteiger partial charge in [-0.2, -0.15) is 0 Å². The van der Waals surface area contributed by atoms with Crippen molar-refractivity contribution in [1.29, 1.82) is 0 Å². The van der Waals surface area contributed by atoms with Crippen molar-refractivity contribution in [1.82, 2.24) is 0 Å². The topological polar surface area (TPSA) is 35.2 Å². The molecule has 0 saturated heterocycles. The zero-order valence-electron chi connectivity index (χ0n) is 8.32. The highest BCUT2D eigenvalue weighted by Crippen LogP contribution is 2.32. The fourth-order valence-corrected chi connectivity index (χ4v) is 1.78. The van der Waals surface area contributed by atoms with Crippen LogP contribution in [0, 0.1) is 11.6 Å². The Morgan fingerprint density at radius 1 is 1.47 bits per heavy atom. The molecule has 1 aromatic rings. The third kappa shape index (κ3) is 2.66. The van der Waals surface area contributed by atoms with Crippen molar-refractivity contribution < 1.29 is 13.5 Å². The number of hydrogen-bond donors (Lipinski definition) is 1. The van der Waals surface area contributed by atoms with Crippen molar-refractivity contribution in [2.24, 2.45) is 5.73 Å². The SMILES string of the molecule is COc1cc(F)c(CCCN)c(F)c1Br. The van der Waals surface area contributed by atoms with E-state index in [1.165, 1.54) is 13.2 Å². The van der Waals surface area contributed by atoms with Gasteiger partial charge < -0.3 is 10.5 Å². The van der Waals surface area contributed by atoms with E-state index in [0.29, 0.717) is 13.0 Å². The zero-order chi connectivity index (χ0) is 11.4. The molecule has 0 atom stereocenters. The predicted molar refractivity (Wildman–Crippen MR) is 58.0 cm³/mol. The molecule has 0 heterocycles. The fourth-order valence-electron chi connectivity index (χ4n) is 1.27. The minimum Gasteiger partial charge on any atom is -0.495 e. The monoisotopic (exact) mass is 279 g/mol. The molecule has 1 rings (SSSR count). The van der Waals surface area contributed by atoms with E-state index in [2.05, 4.69) is 15.9 Å². The van der Waals surface area contributed by atoms with E-state index in [9.17, 15) is 8.78 Å². The maximum Gasteiger partial charge on any atom is 0.147 e. The molecule has 0 fully saturated rings. The summed E-state index contributed by atoms with van der Waals surface area (Å²) in [5.41, 5.74) is 5.34. The summed E-state index contributed by atoms with van der Waals surface area (Å²) in [6.45, 7) is 0.405. The third-order valence-corrected chi connectivity index (χ3v) is 2.81. The Balaban J connectivity index is 3.11. The molecule has 2 nitrogen and oxygen atoms in total. The Kier molecular flexibility index (Phi) is 4.47. The number of ether oxygens (including phenoxy) is 1. The summed E-state index contributed by atoms with van der Waals surface area (Å²) >= 11 is 3.02. The molecule has 0 radical (unpaired) electrons. The van der Waals surface area contributed by atoms with Gasteiger partial charge in [-0.3, -0.25) is 0 Å². The Labute approximate surface area is 95.5 Å². The lowest BCUT2D eigenvalue weighted by Crippen LogP contribution is -2.04. The number of rotatable bonds is 4. The van der Waals surface area contributed by atoms with Crippen LogP contribution in [-0.2, 0) is 6.42 Å². The van der Waals surface area contributed by atoms with E-state index in [-0.39, 0.29) is 22.2 Å². The lowest BCUT2D eigenvalue weighted by atomic mass is 10.1. The molecule has 0 aliphatic heterocycles. The Morgan fingerprint density at radius 2 is 2.13 bits per heavy atom. The maximum atomic E-state index is 13.6. The van der Waals surface area contributed by atoms with Crippen LogP contribution < -0.4 is 10.5 Å². The number of benzene rings is 1. The quantitative estimate of drug-likeness (QED) is 0.860. The second kappa shape index (κ2) is 5.42. The van der Waals surface area contributed by atoms with E-state index >= 15 is 0 Å². The molecule has 0 unspecified atom stereocenters. The van der Waals surface area contributed by atoms with Gasteiger partial charge in [0, 0.05) is 11.6 Å². The van der Waals surface area contributed by atoms with Crippen LogP contribution in [0.5, 0.6) is 5.75 Å². The van der Waals surface area contributed by atoms with Gasteiger partial charge >= 0.3 is 0 Å². The molecule has 1 aromatic carbocycles. The van der Waals surface area contributed by atoms with Crippen molar-refractivity contribution in [3.8, 4) is 5.75 Å². The van der Waals surface area contributed by atoms with E-state index in [1.807, 2.05) is 0 Å². The lowest BCUT2D eigenvalue weighted by molar-refractivity contribution is 0.401. The molecular formula is C10H12BrF2NO. The van der Waals surface area contributed by atoms with Crippen molar-refractivity contribution in [3.63, 3.8) is 0 Å². The summed E-state index contributed by atoms with van der Waals surface area (Å²) in [7, 11) is 1.36. The highest BCUT2D eigenvalue weighted by Gasteiger charge is 2.16. The van der Waals surface area contributed by atoms with Gasteiger partial charge in [0.05, 0.1) is 11.6 Å². The molecule has 0 aromatic heterocycles. The molecule has 0 saturated carbocycles. The Morgan fingerprint density at radius 3 is 2.67 bits per heavy atom. The normalized spacial score (nSPS) is 10.5. The van der Waals surface area contributed by atoms with Gasteiger partial charge in [-0.1, -0.05) is 0 Å². The summed E-state index contributed by atoms with van der Waals surface area (Å²) in [4.78, 5) is 0. The number of hydrogen-bond acceptors (Lipinski definition) is 2. The highest BCUT2D eigenvalue weighted by molar-refractivity contribution is 9.10. The summed E-state index contributed by atoms with van der Waals surface area (Å²) in [6, 6.07) is 1.17. The van der Waals surface area contributed by atoms with Crippen LogP contribution in [0.15, 0.2) is 10.5 Å². The number of methoxy groups -OCH3 is 1. The maximum absolute atomic E-state index is 13.6. The van der Waals surface area contributed by atoms with Crippen LogP contribution >= 0.6 is 15.9 Å². The van der Waals surface area contributed by atoms with E-state index in [0.717, 1.165) is 0 Å². The van der Waals surface area contributed by atoms with Gasteiger partial charge in [0.1, 0.15) is 17.4 Å². The van der Waals surface area contributed by atoms with Crippen LogP contribution in [0.2, 0.25) is 0 Å². The Bertz CT molecular complexity index is 358. The van der Waals surface area contributed by atoms with E-state index in [1.54, 1.807) is 0 Å². The zero-order valence-corrected chi connectivity index (χ0v) is 9.90. The van der Waals surface area contributed by atoms with E-state index < -0.39 is 11.6 Å². The molecule has 5 heteroatoms. The summed E-state index contributed by atoms with van der Waals surface area (Å²) in [5.74, 6) is -1.05. The minimum atomic E-state index is -0.611. The first-order valence-electron chi connectivity index (χ1n) is 4.52. The van der Waals surface area contributed by atoms with Crippen molar-refractivity contribution in [2.45, 2.75) is 12.8 Å². The van der Waals surface area contributed by atoms with Crippen LogP contribution in [-0.4, -0.2) is 13.7 Å². The second-order valence-corrected chi connectivity index (χ2v) is 3.85. The lowest BCUT2D eigenvalue weighted by Gasteiger charge is -2.09. The third-order valence-electron chi connectivity index (χ3n) is 2.07. The van der Waals surface area contributed by atoms with Gasteiger partial charge in [0.25, 0.3) is 0 Å². The van der Waals surface area contributed by atoms with Crippen LogP contribution in [0.1, 0.15) is 12.0 Å². The Hall–Kier alpha value is -0.680. The fraction of sp³-hybridized carbons (Fsp3) is 0.400. The molecule has 0 aliphatic rings. The van der Waals surface area contributed by atoms with Gasteiger partial charge in [0.2, 0.25) is 0 Å². The van der Waals surface area contributed by atoms with Crippen LogP contribution in [0.4, 0.5) is 8.78 Å². The van der Waals surface area contributed by atoms with Gasteiger partial charge in [-0.15, -0.1) is 0 Å². The van der Waals surface area contributed by atoms with Crippen LogP contribution in [0.25, 0.3) is 0 Å². The number of nitrogens with two attached hydrogens (primary N) is 1. The first kappa shape index (κ1) is 12.4. The molecule has 0 spiro atoms. The molecule has 15 heavy (non-hydrogen) atoms. The smallest absolute Gasteiger partial charge is 0.147 e. The molecule has 0 amide bonds. The van der Waals surface area contributed by atoms with Gasteiger partial charge in [0.15, 0.2) is 0 Å². The molecule has 0 bridgehead atoms. The molecule has 84 valence electrons. The summed E-state index contributed by atoms with van der Waals surface area (Å²) < 4.78 is 32.0. The summed E-state index contributed by atoms with van der Waals surface area (Å²) in [5, 5.41) is 0. The second-order valence-electron chi connectivity index (χ2n) is 3.06. The first-order valence-corrected chi connectivity index (χ1v) is 5.31. The van der Waals surface area contributed by atoms with Crippen LogP contribution in [0.3, 0.4) is 0 Å². The average Bonchev–Trinajstić information content (AvgIpc) is 2.23. The highest BCUT2D eigenvalue weighted by atomic mass is 79.9. The molecule has 2 N–H and O–H groups in total. The van der Waals surface area contributed by atoms with Gasteiger partial charge in [-0.05, 0) is 35.3 Å².